The number of nitrogens with one attached hydrogen (secondary N) is 2. The standard InChI is InChI=1S/C27H23N3O2S/c1-19-7-9-21(10-8-19)26(31)29-22-11-13-24(14-12-22)33-25(20-5-3-2-4-6-20)27(32)30-23-15-17-28-18-16-23/h2-18,25H,1H3,(H,29,31)(H,28,30,32). The molecular weight excluding hydrogens is 430 g/mol. The van der Waals surface area contributed by atoms with Crippen molar-refractivity contribution in [2.75, 3.05) is 10.6 Å². The van der Waals surface area contributed by atoms with E-state index in [9.17, 15) is 9.59 Å². The van der Waals surface area contributed by atoms with Gasteiger partial charge in [0.05, 0.1) is 0 Å². The molecule has 0 aliphatic carbocycles. The summed E-state index contributed by atoms with van der Waals surface area (Å²) in [5, 5.41) is 5.44. The molecule has 3 aromatic carbocycles. The molecule has 0 fully saturated rings. The first kappa shape index (κ1) is 22.3. The van der Waals surface area contributed by atoms with Gasteiger partial charge in [0, 0.05) is 34.2 Å². The van der Waals surface area contributed by atoms with Gasteiger partial charge in [0.1, 0.15) is 5.25 Å². The van der Waals surface area contributed by atoms with Gasteiger partial charge >= 0.3 is 0 Å². The molecule has 0 spiro atoms. The average Bonchev–Trinajstić information content (AvgIpc) is 2.85. The van der Waals surface area contributed by atoms with Crippen molar-refractivity contribution >= 4 is 35.0 Å². The zero-order valence-electron chi connectivity index (χ0n) is 18.1. The monoisotopic (exact) mass is 453 g/mol. The Bertz CT molecular complexity index is 1210. The summed E-state index contributed by atoms with van der Waals surface area (Å²) in [6.07, 6.45) is 3.29. The highest BCUT2D eigenvalue weighted by atomic mass is 32.2. The molecule has 1 heterocycles. The molecule has 6 heteroatoms. The van der Waals surface area contributed by atoms with Crippen molar-refractivity contribution < 1.29 is 9.59 Å². The Kier molecular flexibility index (Phi) is 7.17. The number of amides is 2. The van der Waals surface area contributed by atoms with Crippen LogP contribution < -0.4 is 10.6 Å². The quantitative estimate of drug-likeness (QED) is 0.331. The minimum atomic E-state index is -0.438. The number of hydrogen-bond acceptors (Lipinski definition) is 4. The number of pyridine rings is 1. The third-order valence-corrected chi connectivity index (χ3v) is 6.23. The molecule has 0 aliphatic heterocycles. The number of rotatable bonds is 7. The highest BCUT2D eigenvalue weighted by Crippen LogP contribution is 2.36. The summed E-state index contributed by atoms with van der Waals surface area (Å²) in [5.74, 6) is -0.275. The molecule has 0 saturated heterocycles. The van der Waals surface area contributed by atoms with Gasteiger partial charge in [-0.05, 0) is 61.0 Å². The number of aryl methyl sites for hydroxylation is 1. The van der Waals surface area contributed by atoms with E-state index in [2.05, 4.69) is 15.6 Å². The van der Waals surface area contributed by atoms with Crippen LogP contribution in [0.25, 0.3) is 0 Å². The van der Waals surface area contributed by atoms with Crippen molar-refractivity contribution in [3.63, 3.8) is 0 Å². The van der Waals surface area contributed by atoms with Crippen molar-refractivity contribution in [1.82, 2.24) is 4.98 Å². The first-order chi connectivity index (χ1) is 16.1. The van der Waals surface area contributed by atoms with Gasteiger partial charge in [0.2, 0.25) is 5.91 Å². The van der Waals surface area contributed by atoms with Crippen molar-refractivity contribution in [1.29, 1.82) is 0 Å². The lowest BCUT2D eigenvalue weighted by Crippen LogP contribution is -2.19. The van der Waals surface area contributed by atoms with Crippen LogP contribution in [0.5, 0.6) is 0 Å². The maximum absolute atomic E-state index is 13.1. The third-order valence-electron chi connectivity index (χ3n) is 4.97. The minimum absolute atomic E-state index is 0.117. The molecule has 2 amide bonds. The zero-order chi connectivity index (χ0) is 23.0. The van der Waals surface area contributed by atoms with Gasteiger partial charge < -0.3 is 10.6 Å². The number of anilines is 2. The Morgan fingerprint density at radius 2 is 1.39 bits per heavy atom. The maximum atomic E-state index is 13.1. The molecule has 5 nitrogen and oxygen atoms in total. The molecule has 1 aromatic heterocycles. The Balaban J connectivity index is 1.47. The number of benzene rings is 3. The van der Waals surface area contributed by atoms with Gasteiger partial charge in [-0.1, -0.05) is 48.0 Å². The molecule has 164 valence electrons. The summed E-state index contributed by atoms with van der Waals surface area (Å²) in [4.78, 5) is 30.5. The van der Waals surface area contributed by atoms with E-state index < -0.39 is 5.25 Å². The second kappa shape index (κ2) is 10.6. The number of carbonyl (C=O) groups is 2. The summed E-state index contributed by atoms with van der Waals surface area (Å²) in [5.41, 5.74) is 4.02. The van der Waals surface area contributed by atoms with E-state index in [1.807, 2.05) is 73.7 Å². The van der Waals surface area contributed by atoms with Gasteiger partial charge in [-0.15, -0.1) is 11.8 Å². The molecule has 0 bridgehead atoms. The fraction of sp³-hybridized carbons (Fsp3) is 0.0741. The van der Waals surface area contributed by atoms with Crippen LogP contribution in [0, 0.1) is 6.92 Å². The van der Waals surface area contributed by atoms with Crippen molar-refractivity contribution in [3.8, 4) is 0 Å². The van der Waals surface area contributed by atoms with Gasteiger partial charge in [0.15, 0.2) is 0 Å². The molecule has 0 saturated carbocycles. The fourth-order valence-corrected chi connectivity index (χ4v) is 4.23. The van der Waals surface area contributed by atoms with E-state index in [0.29, 0.717) is 16.9 Å². The van der Waals surface area contributed by atoms with E-state index in [-0.39, 0.29) is 11.8 Å². The molecule has 4 aromatic rings. The van der Waals surface area contributed by atoms with Crippen LogP contribution in [0.3, 0.4) is 0 Å². The summed E-state index contributed by atoms with van der Waals surface area (Å²) in [6, 6.07) is 28.1. The molecule has 0 aliphatic rings. The third kappa shape index (κ3) is 6.08. The van der Waals surface area contributed by atoms with Crippen molar-refractivity contribution in [2.24, 2.45) is 0 Å². The first-order valence-electron chi connectivity index (χ1n) is 10.5. The molecule has 2 N–H and O–H groups in total. The van der Waals surface area contributed by atoms with Crippen LogP contribution in [0.2, 0.25) is 0 Å². The summed E-state index contributed by atoms with van der Waals surface area (Å²) in [7, 11) is 0. The second-order valence-electron chi connectivity index (χ2n) is 7.48. The van der Waals surface area contributed by atoms with Gasteiger partial charge in [-0.2, -0.15) is 0 Å². The Morgan fingerprint density at radius 1 is 0.758 bits per heavy atom. The van der Waals surface area contributed by atoms with Gasteiger partial charge in [-0.3, -0.25) is 14.6 Å². The largest absolute Gasteiger partial charge is 0.325 e. The van der Waals surface area contributed by atoms with Crippen LogP contribution in [0.15, 0.2) is 108 Å². The van der Waals surface area contributed by atoms with Crippen molar-refractivity contribution in [3.05, 3.63) is 120 Å². The molecular formula is C27H23N3O2S. The predicted octanol–water partition coefficient (Wildman–Crippen LogP) is 6.11. The van der Waals surface area contributed by atoms with Crippen LogP contribution in [0.4, 0.5) is 11.4 Å². The topological polar surface area (TPSA) is 71.1 Å². The summed E-state index contributed by atoms with van der Waals surface area (Å²) < 4.78 is 0. The molecule has 33 heavy (non-hydrogen) atoms. The van der Waals surface area contributed by atoms with Crippen LogP contribution >= 0.6 is 11.8 Å². The van der Waals surface area contributed by atoms with E-state index in [0.717, 1.165) is 16.0 Å². The molecule has 1 atom stereocenters. The lowest BCUT2D eigenvalue weighted by atomic mass is 10.1. The Morgan fingerprint density at radius 3 is 2.06 bits per heavy atom. The molecule has 0 radical (unpaired) electrons. The smallest absolute Gasteiger partial charge is 0.255 e. The maximum Gasteiger partial charge on any atom is 0.255 e. The SMILES string of the molecule is Cc1ccc(C(=O)Nc2ccc(SC(C(=O)Nc3ccncc3)c3ccccc3)cc2)cc1. The summed E-state index contributed by atoms with van der Waals surface area (Å²) in [6.45, 7) is 1.98. The highest BCUT2D eigenvalue weighted by molar-refractivity contribution is 8.00. The van der Waals surface area contributed by atoms with Gasteiger partial charge in [-0.25, -0.2) is 0 Å². The van der Waals surface area contributed by atoms with E-state index in [1.54, 1.807) is 36.7 Å². The molecule has 1 unspecified atom stereocenters. The fourth-order valence-electron chi connectivity index (χ4n) is 3.20. The lowest BCUT2D eigenvalue weighted by Gasteiger charge is -2.17. The zero-order valence-corrected chi connectivity index (χ0v) is 18.9. The van der Waals surface area contributed by atoms with E-state index in [1.165, 1.54) is 11.8 Å². The number of carbonyl (C=O) groups excluding carboxylic acids is 2. The molecule has 4 rings (SSSR count). The average molecular weight is 454 g/mol. The van der Waals surface area contributed by atoms with Crippen molar-refractivity contribution in [2.45, 2.75) is 17.1 Å². The predicted molar refractivity (Wildman–Crippen MR) is 133 cm³/mol. The Labute approximate surface area is 197 Å². The van der Waals surface area contributed by atoms with Crippen LogP contribution in [-0.2, 0) is 4.79 Å². The first-order valence-corrected chi connectivity index (χ1v) is 11.4. The number of hydrogen-bond donors (Lipinski definition) is 2. The normalized spacial score (nSPS) is 11.4. The number of aromatic nitrogens is 1. The Hall–Kier alpha value is -3.90. The minimum Gasteiger partial charge on any atom is -0.325 e. The van der Waals surface area contributed by atoms with Gasteiger partial charge in [0.25, 0.3) is 5.91 Å². The lowest BCUT2D eigenvalue weighted by molar-refractivity contribution is -0.115. The van der Waals surface area contributed by atoms with Crippen LogP contribution in [-0.4, -0.2) is 16.8 Å². The van der Waals surface area contributed by atoms with Crippen LogP contribution in [0.1, 0.15) is 26.7 Å². The number of thioether (sulfide) groups is 1. The van der Waals surface area contributed by atoms with E-state index in [4.69, 9.17) is 0 Å². The second-order valence-corrected chi connectivity index (χ2v) is 8.66. The summed E-state index contributed by atoms with van der Waals surface area (Å²) >= 11 is 1.45. The number of nitrogens with zero attached hydrogens (tertiary/aromatic N) is 1. The van der Waals surface area contributed by atoms with E-state index >= 15 is 0 Å². The highest BCUT2D eigenvalue weighted by Gasteiger charge is 2.22.